The Hall–Kier alpha value is -3.42. The van der Waals surface area contributed by atoms with Gasteiger partial charge in [0, 0.05) is 5.56 Å². The number of hydrogen-bond donors (Lipinski definition) is 1. The molecule has 2 aromatic rings. The molecule has 0 atom stereocenters. The van der Waals surface area contributed by atoms with Crippen molar-refractivity contribution in [1.82, 2.24) is 5.43 Å². The first-order valence-electron chi connectivity index (χ1n) is 8.52. The smallest absolute Gasteiger partial charge is 0.271 e. The minimum atomic E-state index is -0.422. The van der Waals surface area contributed by atoms with Crippen molar-refractivity contribution in [2.75, 3.05) is 35.0 Å². The number of carbonyl (C=O) groups excluding carboxylic acids is 1. The van der Waals surface area contributed by atoms with Crippen molar-refractivity contribution < 1.29 is 28.5 Å². The zero-order valence-electron chi connectivity index (χ0n) is 16.6. The van der Waals surface area contributed by atoms with Gasteiger partial charge in [-0.2, -0.15) is 5.10 Å². The molecule has 0 fully saturated rings. The Morgan fingerprint density at radius 2 is 1.57 bits per heavy atom. The first-order valence-corrected chi connectivity index (χ1v) is 8.52. The fraction of sp³-hybridized carbons (Fsp3) is 0.300. The lowest BCUT2D eigenvalue weighted by Crippen LogP contribution is -2.18. The molecular weight excluding hydrogens is 364 g/mol. The number of rotatable bonds is 9. The number of amides is 1. The van der Waals surface area contributed by atoms with Gasteiger partial charge in [-0.25, -0.2) is 5.43 Å². The van der Waals surface area contributed by atoms with Gasteiger partial charge in [0.15, 0.2) is 23.0 Å². The van der Waals surface area contributed by atoms with Crippen LogP contribution in [0.25, 0.3) is 0 Å². The van der Waals surface area contributed by atoms with Gasteiger partial charge in [0.2, 0.25) is 5.75 Å². The standard InChI is InChI=1S/C20H24N2O6/c1-6-28-16-9-13(7-8-15(16)24-2)12-21-22-20(23)14-10-17(25-3)19(27-5)18(11-14)26-4/h7-12H,6H2,1-5H3,(H,22,23)/b21-12+. The highest BCUT2D eigenvalue weighted by molar-refractivity contribution is 5.96. The minimum Gasteiger partial charge on any atom is -0.493 e. The van der Waals surface area contributed by atoms with Crippen LogP contribution in [-0.2, 0) is 0 Å². The van der Waals surface area contributed by atoms with E-state index in [1.54, 1.807) is 37.4 Å². The summed E-state index contributed by atoms with van der Waals surface area (Å²) in [5, 5.41) is 3.99. The lowest BCUT2D eigenvalue weighted by Gasteiger charge is -2.13. The van der Waals surface area contributed by atoms with Crippen LogP contribution in [0.1, 0.15) is 22.8 Å². The monoisotopic (exact) mass is 388 g/mol. The third-order valence-corrected chi connectivity index (χ3v) is 3.79. The summed E-state index contributed by atoms with van der Waals surface area (Å²) >= 11 is 0. The van der Waals surface area contributed by atoms with Gasteiger partial charge in [-0.15, -0.1) is 0 Å². The second kappa shape index (κ2) is 10.1. The van der Waals surface area contributed by atoms with E-state index in [-0.39, 0.29) is 0 Å². The highest BCUT2D eigenvalue weighted by Gasteiger charge is 2.16. The molecule has 8 heteroatoms. The Bertz CT molecular complexity index is 826. The summed E-state index contributed by atoms with van der Waals surface area (Å²) in [5.41, 5.74) is 3.54. The van der Waals surface area contributed by atoms with Crippen molar-refractivity contribution in [3.05, 3.63) is 41.5 Å². The SMILES string of the molecule is CCOc1cc(/C=N/NC(=O)c2cc(OC)c(OC)c(OC)c2)ccc1OC. The molecule has 0 bridgehead atoms. The Morgan fingerprint density at radius 1 is 0.929 bits per heavy atom. The van der Waals surface area contributed by atoms with Crippen molar-refractivity contribution in [1.29, 1.82) is 0 Å². The number of nitrogens with zero attached hydrogens (tertiary/aromatic N) is 1. The van der Waals surface area contributed by atoms with E-state index in [9.17, 15) is 4.79 Å². The van der Waals surface area contributed by atoms with E-state index >= 15 is 0 Å². The number of hydrazone groups is 1. The zero-order chi connectivity index (χ0) is 20.5. The third-order valence-electron chi connectivity index (χ3n) is 3.79. The van der Waals surface area contributed by atoms with Gasteiger partial charge in [0.05, 0.1) is 41.3 Å². The lowest BCUT2D eigenvalue weighted by molar-refractivity contribution is 0.0954. The maximum absolute atomic E-state index is 12.4. The summed E-state index contributed by atoms with van der Waals surface area (Å²) in [7, 11) is 6.03. The molecule has 0 saturated heterocycles. The summed E-state index contributed by atoms with van der Waals surface area (Å²) in [6.07, 6.45) is 1.51. The van der Waals surface area contributed by atoms with Gasteiger partial charge in [-0.1, -0.05) is 0 Å². The van der Waals surface area contributed by atoms with E-state index < -0.39 is 5.91 Å². The molecule has 0 unspecified atom stereocenters. The highest BCUT2D eigenvalue weighted by atomic mass is 16.5. The van der Waals surface area contributed by atoms with Crippen molar-refractivity contribution in [3.8, 4) is 28.7 Å². The molecule has 1 N–H and O–H groups in total. The number of ether oxygens (including phenoxy) is 5. The topological polar surface area (TPSA) is 87.6 Å². The van der Waals surface area contributed by atoms with Crippen molar-refractivity contribution >= 4 is 12.1 Å². The van der Waals surface area contributed by atoms with E-state index in [1.807, 2.05) is 6.92 Å². The van der Waals surface area contributed by atoms with Crippen molar-refractivity contribution in [2.24, 2.45) is 5.10 Å². The van der Waals surface area contributed by atoms with Crippen LogP contribution < -0.4 is 29.1 Å². The second-order valence-corrected chi connectivity index (χ2v) is 5.46. The highest BCUT2D eigenvalue weighted by Crippen LogP contribution is 2.38. The van der Waals surface area contributed by atoms with E-state index in [2.05, 4.69) is 10.5 Å². The van der Waals surface area contributed by atoms with Crippen LogP contribution >= 0.6 is 0 Å². The molecule has 0 saturated carbocycles. The van der Waals surface area contributed by atoms with Crippen LogP contribution in [0.2, 0.25) is 0 Å². The van der Waals surface area contributed by atoms with Crippen LogP contribution in [-0.4, -0.2) is 47.2 Å². The number of benzene rings is 2. The summed E-state index contributed by atoms with van der Waals surface area (Å²) in [5.74, 6) is 1.98. The average Bonchev–Trinajstić information content (AvgIpc) is 2.72. The zero-order valence-corrected chi connectivity index (χ0v) is 16.6. The van der Waals surface area contributed by atoms with Gasteiger partial charge in [-0.3, -0.25) is 4.79 Å². The normalized spacial score (nSPS) is 10.5. The molecule has 8 nitrogen and oxygen atoms in total. The van der Waals surface area contributed by atoms with E-state index in [1.165, 1.54) is 27.5 Å². The molecule has 0 spiro atoms. The first-order chi connectivity index (χ1) is 13.6. The van der Waals surface area contributed by atoms with Gasteiger partial charge < -0.3 is 23.7 Å². The molecule has 0 aliphatic heterocycles. The molecular formula is C20H24N2O6. The molecule has 0 radical (unpaired) electrons. The number of hydrogen-bond acceptors (Lipinski definition) is 7. The second-order valence-electron chi connectivity index (χ2n) is 5.46. The largest absolute Gasteiger partial charge is 0.493 e. The van der Waals surface area contributed by atoms with Gasteiger partial charge >= 0.3 is 0 Å². The summed E-state index contributed by atoms with van der Waals surface area (Å²) in [6.45, 7) is 2.40. The molecule has 0 aromatic heterocycles. The fourth-order valence-corrected chi connectivity index (χ4v) is 2.48. The van der Waals surface area contributed by atoms with E-state index in [0.717, 1.165) is 5.56 Å². The maximum Gasteiger partial charge on any atom is 0.271 e. The predicted molar refractivity (Wildman–Crippen MR) is 105 cm³/mol. The van der Waals surface area contributed by atoms with Gasteiger partial charge in [-0.05, 0) is 42.8 Å². The van der Waals surface area contributed by atoms with E-state index in [0.29, 0.717) is 40.9 Å². The van der Waals surface area contributed by atoms with Gasteiger partial charge in [0.25, 0.3) is 5.91 Å². The minimum absolute atomic E-state index is 0.316. The Labute approximate surface area is 164 Å². The molecule has 28 heavy (non-hydrogen) atoms. The van der Waals surface area contributed by atoms with E-state index in [4.69, 9.17) is 23.7 Å². The Morgan fingerprint density at radius 3 is 2.11 bits per heavy atom. The van der Waals surface area contributed by atoms with Gasteiger partial charge in [0.1, 0.15) is 0 Å². The van der Waals surface area contributed by atoms with Crippen LogP contribution in [0.4, 0.5) is 0 Å². The summed E-state index contributed by atoms with van der Waals surface area (Å²) in [4.78, 5) is 12.4. The van der Waals surface area contributed by atoms with Crippen LogP contribution in [0.5, 0.6) is 28.7 Å². The maximum atomic E-state index is 12.4. The Balaban J connectivity index is 2.16. The molecule has 2 aromatic carbocycles. The predicted octanol–water partition coefficient (Wildman–Crippen LogP) is 2.88. The van der Waals surface area contributed by atoms with Crippen LogP contribution in [0, 0.1) is 0 Å². The summed E-state index contributed by atoms with van der Waals surface area (Å²) < 4.78 is 26.5. The molecule has 0 aliphatic rings. The quantitative estimate of drug-likeness (QED) is 0.525. The molecule has 2 rings (SSSR count). The van der Waals surface area contributed by atoms with Crippen molar-refractivity contribution in [3.63, 3.8) is 0 Å². The summed E-state index contributed by atoms with van der Waals surface area (Å²) in [6, 6.07) is 8.45. The number of methoxy groups -OCH3 is 4. The van der Waals surface area contributed by atoms with Crippen LogP contribution in [0.15, 0.2) is 35.4 Å². The van der Waals surface area contributed by atoms with Crippen LogP contribution in [0.3, 0.4) is 0 Å². The Kier molecular flexibility index (Phi) is 7.50. The average molecular weight is 388 g/mol. The molecule has 0 aliphatic carbocycles. The van der Waals surface area contributed by atoms with Crippen molar-refractivity contribution in [2.45, 2.75) is 6.92 Å². The number of nitrogens with one attached hydrogen (secondary N) is 1. The fourth-order valence-electron chi connectivity index (χ4n) is 2.48. The number of carbonyl (C=O) groups is 1. The first kappa shape index (κ1) is 20.9. The lowest BCUT2D eigenvalue weighted by atomic mass is 10.1. The molecule has 0 heterocycles. The molecule has 1 amide bonds. The third kappa shape index (κ3) is 4.85. The molecule has 150 valence electrons.